The number of amides is 2. The third-order valence-electron chi connectivity index (χ3n) is 0.975. The average Bonchev–Trinajstić information content (AvgIpc) is 2.18. The smallest absolute Gasteiger partial charge is 0.312 e. The highest BCUT2D eigenvalue weighted by Crippen LogP contribution is 1.66. The second-order valence-corrected chi connectivity index (χ2v) is 2.52. The Labute approximate surface area is 92.8 Å². The van der Waals surface area contributed by atoms with Crippen LogP contribution in [0.2, 0.25) is 0 Å². The Morgan fingerprint density at radius 1 is 1.27 bits per heavy atom. The van der Waals surface area contributed by atoms with E-state index in [2.05, 4.69) is 10.6 Å². The summed E-state index contributed by atoms with van der Waals surface area (Å²) < 4.78 is 0. The molecule has 5 heteroatoms. The van der Waals surface area contributed by atoms with Crippen molar-refractivity contribution in [1.29, 1.82) is 0 Å². The molecule has 0 aliphatic rings. The number of urea groups is 1. The lowest BCUT2D eigenvalue weighted by atomic mass is 10.5. The van der Waals surface area contributed by atoms with E-state index in [1.54, 1.807) is 14.0 Å². The van der Waals surface area contributed by atoms with Gasteiger partial charge in [-0.2, -0.15) is 0 Å². The Morgan fingerprint density at radius 2 is 1.73 bits per heavy atom. The lowest BCUT2D eigenvalue weighted by Crippen LogP contribution is -2.29. The molecule has 0 aliphatic heterocycles. The van der Waals surface area contributed by atoms with Crippen LogP contribution in [0.4, 0.5) is 4.79 Å². The van der Waals surface area contributed by atoms with Crippen molar-refractivity contribution in [2.45, 2.75) is 34.1 Å². The van der Waals surface area contributed by atoms with Gasteiger partial charge in [0, 0.05) is 6.54 Å². The van der Waals surface area contributed by atoms with Crippen LogP contribution in [0.1, 0.15) is 34.1 Å². The maximum atomic E-state index is 9.98. The van der Waals surface area contributed by atoms with E-state index in [0.717, 1.165) is 6.42 Å². The van der Waals surface area contributed by atoms with Crippen molar-refractivity contribution in [3.8, 4) is 0 Å². The van der Waals surface area contributed by atoms with E-state index < -0.39 is 6.03 Å². The van der Waals surface area contributed by atoms with Crippen molar-refractivity contribution in [3.05, 3.63) is 0 Å². The molecule has 0 radical (unpaired) electrons. The van der Waals surface area contributed by atoms with E-state index in [1.165, 1.54) is 0 Å². The Hall–Kier alpha value is -1.10. The number of rotatable bonds is 4. The summed E-state index contributed by atoms with van der Waals surface area (Å²) >= 11 is 0. The Balaban J connectivity index is -0.000000166. The fourth-order valence-electron chi connectivity index (χ4n) is 0.497. The predicted molar refractivity (Wildman–Crippen MR) is 63.8 cm³/mol. The van der Waals surface area contributed by atoms with E-state index in [0.29, 0.717) is 13.1 Å². The molecule has 0 saturated carbocycles. The predicted octanol–water partition coefficient (Wildman–Crippen LogP) is 0.886. The van der Waals surface area contributed by atoms with Gasteiger partial charge in [0.25, 0.3) is 0 Å². The summed E-state index contributed by atoms with van der Waals surface area (Å²) in [6.07, 6.45) is 0.933. The van der Waals surface area contributed by atoms with Crippen LogP contribution in [-0.2, 0) is 4.79 Å². The first-order valence-electron chi connectivity index (χ1n) is 5.21. The highest BCUT2D eigenvalue weighted by molar-refractivity contribution is 5.77. The summed E-state index contributed by atoms with van der Waals surface area (Å²) in [6.45, 7) is 8.68. The first-order valence-corrected chi connectivity index (χ1v) is 5.21. The molecule has 2 amide bonds. The minimum absolute atomic E-state index is 0.178. The van der Waals surface area contributed by atoms with Crippen molar-refractivity contribution < 1.29 is 9.59 Å². The molecule has 0 rings (SSSR count). The van der Waals surface area contributed by atoms with Crippen molar-refractivity contribution in [3.63, 3.8) is 0 Å². The van der Waals surface area contributed by atoms with Crippen LogP contribution >= 0.6 is 0 Å². The van der Waals surface area contributed by atoms with E-state index in [4.69, 9.17) is 5.73 Å². The normalized spacial score (nSPS) is 7.53. The molecule has 0 spiro atoms. The topological polar surface area (TPSA) is 84.2 Å². The lowest BCUT2D eigenvalue weighted by Gasteiger charge is -1.93. The quantitative estimate of drug-likeness (QED) is 0.656. The second kappa shape index (κ2) is 18.6. The molecule has 4 N–H and O–H groups in total. The molecular formula is C10H25N3O2. The van der Waals surface area contributed by atoms with Crippen LogP contribution in [0.15, 0.2) is 0 Å². The lowest BCUT2D eigenvalue weighted by molar-refractivity contribution is -0.116. The van der Waals surface area contributed by atoms with Gasteiger partial charge in [-0.15, -0.1) is 0 Å². The maximum Gasteiger partial charge on any atom is 0.312 e. The number of hydrogen-bond donors (Lipinski definition) is 3. The number of nitrogens with one attached hydrogen (secondary N) is 2. The summed E-state index contributed by atoms with van der Waals surface area (Å²) in [5.41, 5.74) is 4.73. The molecule has 0 aromatic heterocycles. The Kier molecular flexibility index (Phi) is 24.2. The van der Waals surface area contributed by atoms with Gasteiger partial charge in [0.2, 0.25) is 0 Å². The van der Waals surface area contributed by atoms with E-state index in [1.807, 2.05) is 20.8 Å². The van der Waals surface area contributed by atoms with Crippen molar-refractivity contribution >= 4 is 11.8 Å². The largest absolute Gasteiger partial charge is 0.352 e. The molecule has 92 valence electrons. The maximum absolute atomic E-state index is 9.98. The van der Waals surface area contributed by atoms with E-state index in [-0.39, 0.29) is 5.78 Å². The van der Waals surface area contributed by atoms with Crippen LogP contribution in [0, 0.1) is 0 Å². The summed E-state index contributed by atoms with van der Waals surface area (Å²) in [7, 11) is 1.75. The van der Waals surface area contributed by atoms with Crippen LogP contribution < -0.4 is 16.4 Å². The number of ketones is 1. The number of primary amides is 1. The molecule has 5 nitrogen and oxygen atoms in total. The summed E-state index contributed by atoms with van der Waals surface area (Å²) in [5.74, 6) is 0.178. The van der Waals surface area contributed by atoms with Gasteiger partial charge >= 0.3 is 6.03 Å². The van der Waals surface area contributed by atoms with Gasteiger partial charge in [-0.25, -0.2) is 4.79 Å². The Bertz CT molecular complexity index is 150. The number of carbonyl (C=O) groups excluding carboxylic acids is 2. The first kappa shape index (κ1) is 19.5. The number of likely N-dealkylation sites (N-methyl/N-ethyl adjacent to an activating group) is 1. The Morgan fingerprint density at radius 3 is 1.80 bits per heavy atom. The molecule has 0 fully saturated rings. The van der Waals surface area contributed by atoms with E-state index in [9.17, 15) is 9.59 Å². The zero-order valence-electron chi connectivity index (χ0n) is 10.5. The average molecular weight is 219 g/mol. The van der Waals surface area contributed by atoms with Gasteiger partial charge in [-0.05, 0) is 20.4 Å². The van der Waals surface area contributed by atoms with Crippen LogP contribution in [0.25, 0.3) is 0 Å². The van der Waals surface area contributed by atoms with Crippen LogP contribution in [-0.4, -0.2) is 32.0 Å². The van der Waals surface area contributed by atoms with Gasteiger partial charge in [-0.1, -0.05) is 20.8 Å². The molecule has 0 bridgehead atoms. The van der Waals surface area contributed by atoms with Gasteiger partial charge in [0.1, 0.15) is 5.78 Å². The highest BCUT2D eigenvalue weighted by atomic mass is 16.2. The van der Waals surface area contributed by atoms with Gasteiger partial charge in [0.15, 0.2) is 0 Å². The third kappa shape index (κ3) is 44.0. The monoisotopic (exact) mass is 219 g/mol. The number of nitrogens with two attached hydrogens (primary N) is 1. The summed E-state index contributed by atoms with van der Waals surface area (Å²) in [5, 5.41) is 5.15. The zero-order chi connectivity index (χ0) is 12.7. The molecule has 0 heterocycles. The first-order chi connectivity index (χ1) is 7.04. The standard InChI is InChI=1S/C4H10N2O.C4H9NO.C2H6/c1-2-3-6-4(5)7;1-4(6)3-5-2;1-2/h2-3H2,1H3,(H3,5,6,7);5H,3H2,1-2H3;1-2H3. The summed E-state index contributed by atoms with van der Waals surface area (Å²) in [6, 6.07) is -0.443. The summed E-state index contributed by atoms with van der Waals surface area (Å²) in [4.78, 5) is 19.9. The molecular weight excluding hydrogens is 194 g/mol. The molecule has 15 heavy (non-hydrogen) atoms. The number of Topliss-reactive ketones (excluding diaryl/α,β-unsaturated/α-hetero) is 1. The van der Waals surface area contributed by atoms with Gasteiger partial charge < -0.3 is 16.4 Å². The fourth-order valence-corrected chi connectivity index (χ4v) is 0.497. The number of carbonyl (C=O) groups is 2. The minimum Gasteiger partial charge on any atom is -0.352 e. The minimum atomic E-state index is -0.443. The van der Waals surface area contributed by atoms with Crippen LogP contribution in [0.5, 0.6) is 0 Å². The number of hydrogen-bond acceptors (Lipinski definition) is 3. The van der Waals surface area contributed by atoms with E-state index >= 15 is 0 Å². The molecule has 0 aromatic carbocycles. The third-order valence-corrected chi connectivity index (χ3v) is 0.975. The van der Waals surface area contributed by atoms with Crippen molar-refractivity contribution in [1.82, 2.24) is 10.6 Å². The van der Waals surface area contributed by atoms with Crippen molar-refractivity contribution in [2.75, 3.05) is 20.1 Å². The van der Waals surface area contributed by atoms with Gasteiger partial charge in [-0.3, -0.25) is 4.79 Å². The molecule has 0 unspecified atom stereocenters. The van der Waals surface area contributed by atoms with Crippen LogP contribution in [0.3, 0.4) is 0 Å². The second-order valence-electron chi connectivity index (χ2n) is 2.52. The SMILES string of the molecule is CC.CCCNC(N)=O.CNCC(C)=O. The molecule has 0 aliphatic carbocycles. The molecule has 0 saturated heterocycles. The van der Waals surface area contributed by atoms with Gasteiger partial charge in [0.05, 0.1) is 6.54 Å². The fraction of sp³-hybridized carbons (Fsp3) is 0.800. The molecule has 0 atom stereocenters. The van der Waals surface area contributed by atoms with Crippen molar-refractivity contribution in [2.24, 2.45) is 5.73 Å². The highest BCUT2D eigenvalue weighted by Gasteiger charge is 1.83. The molecule has 0 aromatic rings. The zero-order valence-corrected chi connectivity index (χ0v) is 10.5.